The highest BCUT2D eigenvalue weighted by molar-refractivity contribution is 5.80. The van der Waals surface area contributed by atoms with Crippen LogP contribution in [0, 0.1) is 22.7 Å². The molecule has 8 nitrogen and oxygen atoms in total. The quantitative estimate of drug-likeness (QED) is 0.647. The number of rotatable bonds is 6. The molecule has 2 aromatic carbocycles. The van der Waals surface area contributed by atoms with E-state index in [1.54, 1.807) is 49.6 Å². The minimum absolute atomic E-state index is 0.0241. The van der Waals surface area contributed by atoms with Crippen molar-refractivity contribution in [2.45, 2.75) is 6.61 Å². The van der Waals surface area contributed by atoms with Crippen LogP contribution in [-0.4, -0.2) is 19.2 Å². The standard InChI is InChI=1S/C22H18N4O4/c1-28-15-4-3-5-16(9-15)30-12-14-8-13(6-7-19(14)29-2)20-17(10-23)21(25)26-22(27)18(20)11-24/h3-9H,12H2,1-2H3,(H3,25,26,27). The van der Waals surface area contributed by atoms with E-state index in [-0.39, 0.29) is 29.1 Å². The van der Waals surface area contributed by atoms with Gasteiger partial charge in [-0.3, -0.25) is 4.79 Å². The molecule has 8 heteroatoms. The summed E-state index contributed by atoms with van der Waals surface area (Å²) in [5.41, 5.74) is 6.28. The molecule has 0 unspecified atom stereocenters. The topological polar surface area (TPSA) is 134 Å². The number of nitrogens with one attached hydrogen (secondary N) is 1. The number of methoxy groups -OCH3 is 2. The van der Waals surface area contributed by atoms with Crippen LogP contribution in [0.4, 0.5) is 5.82 Å². The number of pyridine rings is 1. The van der Waals surface area contributed by atoms with Gasteiger partial charge in [0.1, 0.15) is 52.9 Å². The molecule has 0 amide bonds. The van der Waals surface area contributed by atoms with Gasteiger partial charge in [-0.2, -0.15) is 10.5 Å². The van der Waals surface area contributed by atoms with Gasteiger partial charge in [0, 0.05) is 17.2 Å². The second kappa shape index (κ2) is 8.72. The first-order chi connectivity index (χ1) is 14.5. The van der Waals surface area contributed by atoms with Gasteiger partial charge in [-0.1, -0.05) is 12.1 Å². The zero-order chi connectivity index (χ0) is 21.7. The molecule has 0 aliphatic heterocycles. The summed E-state index contributed by atoms with van der Waals surface area (Å²) in [4.78, 5) is 14.5. The fourth-order valence-corrected chi connectivity index (χ4v) is 3.03. The number of ether oxygens (including phenoxy) is 3. The minimum Gasteiger partial charge on any atom is -0.497 e. The molecular formula is C22H18N4O4. The molecule has 150 valence electrons. The molecule has 3 rings (SSSR count). The smallest absolute Gasteiger partial charge is 0.268 e. The highest BCUT2D eigenvalue weighted by Gasteiger charge is 2.19. The summed E-state index contributed by atoms with van der Waals surface area (Å²) in [6.07, 6.45) is 0. The molecule has 0 atom stereocenters. The van der Waals surface area contributed by atoms with E-state index in [4.69, 9.17) is 19.9 Å². The van der Waals surface area contributed by atoms with Crippen LogP contribution in [0.3, 0.4) is 0 Å². The van der Waals surface area contributed by atoms with Gasteiger partial charge in [0.15, 0.2) is 0 Å². The number of benzene rings is 2. The number of H-pyrrole nitrogens is 1. The van der Waals surface area contributed by atoms with Gasteiger partial charge in [-0.05, 0) is 29.8 Å². The number of anilines is 1. The van der Waals surface area contributed by atoms with Crippen LogP contribution in [0.25, 0.3) is 11.1 Å². The fourth-order valence-electron chi connectivity index (χ4n) is 3.03. The van der Waals surface area contributed by atoms with E-state index >= 15 is 0 Å². The van der Waals surface area contributed by atoms with E-state index in [1.165, 1.54) is 7.11 Å². The average Bonchev–Trinajstić information content (AvgIpc) is 2.77. The van der Waals surface area contributed by atoms with Crippen LogP contribution in [0.2, 0.25) is 0 Å². The van der Waals surface area contributed by atoms with Crippen molar-refractivity contribution in [1.82, 2.24) is 4.98 Å². The van der Waals surface area contributed by atoms with Gasteiger partial charge in [0.2, 0.25) is 0 Å². The maximum absolute atomic E-state index is 12.2. The summed E-state index contributed by atoms with van der Waals surface area (Å²) >= 11 is 0. The lowest BCUT2D eigenvalue weighted by Gasteiger charge is -2.14. The van der Waals surface area contributed by atoms with Gasteiger partial charge >= 0.3 is 0 Å². The van der Waals surface area contributed by atoms with Crippen molar-refractivity contribution in [3.63, 3.8) is 0 Å². The van der Waals surface area contributed by atoms with E-state index in [0.717, 1.165) is 0 Å². The molecule has 0 fully saturated rings. The number of nitrogens with zero attached hydrogens (tertiary/aromatic N) is 2. The fraction of sp³-hybridized carbons (Fsp3) is 0.136. The molecule has 1 aromatic heterocycles. The number of nitriles is 2. The average molecular weight is 402 g/mol. The van der Waals surface area contributed by atoms with Crippen LogP contribution in [0.5, 0.6) is 17.2 Å². The lowest BCUT2D eigenvalue weighted by atomic mass is 9.95. The van der Waals surface area contributed by atoms with Crippen molar-refractivity contribution in [2.75, 3.05) is 20.0 Å². The van der Waals surface area contributed by atoms with E-state index in [1.807, 2.05) is 12.1 Å². The third-order valence-electron chi connectivity index (χ3n) is 4.47. The van der Waals surface area contributed by atoms with Crippen molar-refractivity contribution in [3.05, 3.63) is 69.5 Å². The number of hydrogen-bond donors (Lipinski definition) is 2. The first kappa shape index (κ1) is 20.3. The first-order valence-electron chi connectivity index (χ1n) is 8.82. The highest BCUT2D eigenvalue weighted by atomic mass is 16.5. The van der Waals surface area contributed by atoms with Gasteiger partial charge in [0.25, 0.3) is 5.56 Å². The zero-order valence-corrected chi connectivity index (χ0v) is 16.4. The van der Waals surface area contributed by atoms with Crippen LogP contribution in [-0.2, 0) is 6.61 Å². The van der Waals surface area contributed by atoms with Crippen molar-refractivity contribution < 1.29 is 14.2 Å². The third-order valence-corrected chi connectivity index (χ3v) is 4.47. The SMILES string of the molecule is COc1cccc(OCc2cc(-c3c(C#N)c(N)[nH]c(=O)c3C#N)ccc2OC)c1. The normalized spacial score (nSPS) is 10.0. The molecule has 3 aromatic rings. The van der Waals surface area contributed by atoms with Crippen LogP contribution < -0.4 is 25.5 Å². The predicted octanol–water partition coefficient (Wildman–Crippen LogP) is 2.96. The van der Waals surface area contributed by atoms with Gasteiger partial charge in [0.05, 0.1) is 14.2 Å². The van der Waals surface area contributed by atoms with E-state index in [0.29, 0.717) is 28.4 Å². The Hall–Kier alpha value is -4.43. The number of nitrogen functional groups attached to an aromatic ring is 1. The Morgan fingerprint density at radius 2 is 1.73 bits per heavy atom. The van der Waals surface area contributed by atoms with Crippen molar-refractivity contribution >= 4 is 5.82 Å². The first-order valence-corrected chi connectivity index (χ1v) is 8.82. The highest BCUT2D eigenvalue weighted by Crippen LogP contribution is 2.32. The lowest BCUT2D eigenvalue weighted by molar-refractivity contribution is 0.294. The van der Waals surface area contributed by atoms with Crippen molar-refractivity contribution in [3.8, 4) is 40.5 Å². The Labute approximate surface area is 172 Å². The third kappa shape index (κ3) is 3.89. The molecule has 0 radical (unpaired) electrons. The summed E-state index contributed by atoms with van der Waals surface area (Å²) in [6.45, 7) is 0.145. The minimum atomic E-state index is -0.658. The molecule has 0 saturated heterocycles. The molecule has 3 N–H and O–H groups in total. The maximum Gasteiger partial charge on any atom is 0.268 e. The summed E-state index contributed by atoms with van der Waals surface area (Å²) in [6, 6.07) is 16.0. The number of nitrogens with two attached hydrogens (primary N) is 1. The summed E-state index contributed by atoms with van der Waals surface area (Å²) in [7, 11) is 3.09. The Kier molecular flexibility index (Phi) is 5.90. The maximum atomic E-state index is 12.2. The largest absolute Gasteiger partial charge is 0.497 e. The molecule has 0 aliphatic carbocycles. The van der Waals surface area contributed by atoms with Crippen molar-refractivity contribution in [1.29, 1.82) is 10.5 Å². The number of hydrogen-bond acceptors (Lipinski definition) is 7. The molecular weight excluding hydrogens is 384 g/mol. The van der Waals surface area contributed by atoms with Crippen molar-refractivity contribution in [2.24, 2.45) is 0 Å². The number of aromatic nitrogens is 1. The molecule has 1 heterocycles. The second-order valence-electron chi connectivity index (χ2n) is 6.21. The van der Waals surface area contributed by atoms with Gasteiger partial charge in [-0.15, -0.1) is 0 Å². The lowest BCUT2D eigenvalue weighted by Crippen LogP contribution is -2.16. The Balaban J connectivity index is 2.07. The summed E-state index contributed by atoms with van der Waals surface area (Å²) < 4.78 is 16.4. The second-order valence-corrected chi connectivity index (χ2v) is 6.21. The molecule has 0 saturated carbocycles. The van der Waals surface area contributed by atoms with Crippen LogP contribution in [0.15, 0.2) is 47.3 Å². The molecule has 0 spiro atoms. The summed E-state index contributed by atoms with van der Waals surface area (Å²) in [5.74, 6) is 1.71. The Morgan fingerprint density at radius 3 is 2.40 bits per heavy atom. The monoisotopic (exact) mass is 402 g/mol. The van der Waals surface area contributed by atoms with E-state index in [9.17, 15) is 15.3 Å². The molecule has 30 heavy (non-hydrogen) atoms. The van der Waals surface area contributed by atoms with Gasteiger partial charge in [-0.25, -0.2) is 0 Å². The zero-order valence-electron chi connectivity index (χ0n) is 16.4. The molecule has 0 aliphatic rings. The number of aromatic amines is 1. The van der Waals surface area contributed by atoms with Crippen LogP contribution in [0.1, 0.15) is 16.7 Å². The van der Waals surface area contributed by atoms with E-state index in [2.05, 4.69) is 4.98 Å². The van der Waals surface area contributed by atoms with Crippen LogP contribution >= 0.6 is 0 Å². The predicted molar refractivity (Wildman–Crippen MR) is 110 cm³/mol. The van der Waals surface area contributed by atoms with Gasteiger partial charge < -0.3 is 24.9 Å². The Morgan fingerprint density at radius 1 is 1.00 bits per heavy atom. The van der Waals surface area contributed by atoms with E-state index < -0.39 is 5.56 Å². The Bertz CT molecular complexity index is 1240. The summed E-state index contributed by atoms with van der Waals surface area (Å²) in [5, 5.41) is 19.0. The molecule has 0 bridgehead atoms.